The fourth-order valence-corrected chi connectivity index (χ4v) is 5.02. The molecule has 0 spiro atoms. The van der Waals surface area contributed by atoms with Crippen LogP contribution in [0.15, 0.2) is 71.7 Å². The number of aryl methyl sites for hydroxylation is 1. The molecular formula is C29H34N2O. The zero-order chi connectivity index (χ0) is 22.9. The molecule has 3 heteroatoms. The number of ether oxygens (including phenoxy) is 1. The molecule has 0 bridgehead atoms. The first kappa shape index (κ1) is 22.1. The summed E-state index contributed by atoms with van der Waals surface area (Å²) >= 11 is 0. The number of hydrogen-bond acceptors (Lipinski definition) is 3. The van der Waals surface area contributed by atoms with Gasteiger partial charge in [0.2, 0.25) is 0 Å². The van der Waals surface area contributed by atoms with Crippen LogP contribution in [-0.2, 0) is 0 Å². The Hall–Kier alpha value is -3.07. The molecular weight excluding hydrogens is 392 g/mol. The molecule has 166 valence electrons. The van der Waals surface area contributed by atoms with Crippen molar-refractivity contribution in [3.63, 3.8) is 0 Å². The maximum atomic E-state index is 5.91. The number of fused-ring (bicyclic) bond motifs is 1. The zero-order valence-electron chi connectivity index (χ0n) is 20.1. The van der Waals surface area contributed by atoms with Crippen molar-refractivity contribution in [3.05, 3.63) is 83.4 Å². The summed E-state index contributed by atoms with van der Waals surface area (Å²) < 4.78 is 5.91. The Morgan fingerprint density at radius 2 is 1.59 bits per heavy atom. The van der Waals surface area contributed by atoms with Gasteiger partial charge in [-0.2, -0.15) is 0 Å². The van der Waals surface area contributed by atoms with Crippen molar-refractivity contribution in [1.82, 2.24) is 0 Å². The van der Waals surface area contributed by atoms with Crippen molar-refractivity contribution in [2.24, 2.45) is 4.99 Å². The highest BCUT2D eigenvalue weighted by Gasteiger charge is 2.37. The quantitative estimate of drug-likeness (QED) is 0.386. The molecule has 3 aromatic carbocycles. The highest BCUT2D eigenvalue weighted by Crippen LogP contribution is 2.44. The third-order valence-corrected chi connectivity index (χ3v) is 6.27. The molecule has 0 aliphatic carbocycles. The van der Waals surface area contributed by atoms with Crippen LogP contribution in [0.3, 0.4) is 0 Å². The third kappa shape index (κ3) is 4.72. The largest absolute Gasteiger partial charge is 0.457 e. The van der Waals surface area contributed by atoms with E-state index in [2.05, 4.69) is 76.8 Å². The SMILES string of the molecule is Cc1ccc(Oc2ccc(N=Cc3ccc4c(c3)[C@@H](C)CC(C)(C)N4C(C)C)cc2)cc1. The Morgan fingerprint density at radius 3 is 2.22 bits per heavy atom. The first-order valence-electron chi connectivity index (χ1n) is 11.5. The molecule has 1 aliphatic heterocycles. The second-order valence-corrected chi connectivity index (χ2v) is 9.87. The number of rotatable bonds is 5. The van der Waals surface area contributed by atoms with Gasteiger partial charge in [-0.25, -0.2) is 0 Å². The topological polar surface area (TPSA) is 24.8 Å². The van der Waals surface area contributed by atoms with Crippen molar-refractivity contribution in [3.8, 4) is 11.5 Å². The van der Waals surface area contributed by atoms with Gasteiger partial charge in [-0.15, -0.1) is 0 Å². The molecule has 32 heavy (non-hydrogen) atoms. The lowest BCUT2D eigenvalue weighted by Gasteiger charge is -2.50. The minimum absolute atomic E-state index is 0.165. The molecule has 1 aliphatic rings. The normalized spacial score (nSPS) is 17.6. The molecule has 0 N–H and O–H groups in total. The maximum absolute atomic E-state index is 5.91. The number of nitrogens with zero attached hydrogens (tertiary/aromatic N) is 2. The fraction of sp³-hybridized carbons (Fsp3) is 0.345. The molecule has 0 aromatic heterocycles. The molecule has 4 rings (SSSR count). The Kier molecular flexibility index (Phi) is 6.10. The van der Waals surface area contributed by atoms with Crippen molar-refractivity contribution in [2.45, 2.75) is 65.5 Å². The minimum Gasteiger partial charge on any atom is -0.457 e. The van der Waals surface area contributed by atoms with E-state index in [9.17, 15) is 0 Å². The van der Waals surface area contributed by atoms with Crippen LogP contribution in [0.1, 0.15) is 63.6 Å². The van der Waals surface area contributed by atoms with E-state index in [1.54, 1.807) is 0 Å². The van der Waals surface area contributed by atoms with Gasteiger partial charge in [0.25, 0.3) is 0 Å². The van der Waals surface area contributed by atoms with E-state index in [1.807, 2.05) is 42.6 Å². The Labute approximate surface area is 192 Å². The van der Waals surface area contributed by atoms with Crippen LogP contribution in [0.2, 0.25) is 0 Å². The van der Waals surface area contributed by atoms with Gasteiger partial charge >= 0.3 is 0 Å². The van der Waals surface area contributed by atoms with E-state index < -0.39 is 0 Å². The van der Waals surface area contributed by atoms with Crippen LogP contribution in [0.25, 0.3) is 0 Å². The summed E-state index contributed by atoms with van der Waals surface area (Å²) in [6.45, 7) is 13.7. The number of hydrogen-bond donors (Lipinski definition) is 0. The van der Waals surface area contributed by atoms with Crippen LogP contribution < -0.4 is 9.64 Å². The van der Waals surface area contributed by atoms with Crippen LogP contribution >= 0.6 is 0 Å². The van der Waals surface area contributed by atoms with E-state index in [4.69, 9.17) is 9.73 Å². The molecule has 0 saturated carbocycles. The van der Waals surface area contributed by atoms with Crippen molar-refractivity contribution < 1.29 is 4.74 Å². The van der Waals surface area contributed by atoms with Gasteiger partial charge in [-0.05, 0) is 107 Å². The van der Waals surface area contributed by atoms with Crippen LogP contribution in [-0.4, -0.2) is 17.8 Å². The van der Waals surface area contributed by atoms with E-state index in [0.717, 1.165) is 29.2 Å². The Morgan fingerprint density at radius 1 is 0.969 bits per heavy atom. The van der Waals surface area contributed by atoms with E-state index in [0.29, 0.717) is 12.0 Å². The predicted molar refractivity (Wildman–Crippen MR) is 136 cm³/mol. The smallest absolute Gasteiger partial charge is 0.127 e. The van der Waals surface area contributed by atoms with Crippen LogP contribution in [0, 0.1) is 6.92 Å². The summed E-state index contributed by atoms with van der Waals surface area (Å²) in [6.07, 6.45) is 3.11. The highest BCUT2D eigenvalue weighted by atomic mass is 16.5. The molecule has 3 nitrogen and oxygen atoms in total. The van der Waals surface area contributed by atoms with Crippen molar-refractivity contribution in [2.75, 3.05) is 4.90 Å². The summed E-state index contributed by atoms with van der Waals surface area (Å²) in [7, 11) is 0. The Balaban J connectivity index is 1.50. The van der Waals surface area contributed by atoms with Gasteiger partial charge in [0.1, 0.15) is 11.5 Å². The number of benzene rings is 3. The van der Waals surface area contributed by atoms with Gasteiger partial charge in [0.05, 0.1) is 5.69 Å². The predicted octanol–water partition coefficient (Wildman–Crippen LogP) is 8.04. The average molecular weight is 427 g/mol. The minimum atomic E-state index is 0.165. The average Bonchev–Trinajstić information content (AvgIpc) is 2.74. The molecule has 1 atom stereocenters. The van der Waals surface area contributed by atoms with Gasteiger partial charge in [0, 0.05) is 23.5 Å². The first-order chi connectivity index (χ1) is 15.2. The van der Waals surface area contributed by atoms with Crippen molar-refractivity contribution >= 4 is 17.6 Å². The number of aliphatic imine (C=N–C) groups is 1. The molecule has 0 unspecified atom stereocenters. The van der Waals surface area contributed by atoms with Gasteiger partial charge in [-0.3, -0.25) is 4.99 Å². The zero-order valence-corrected chi connectivity index (χ0v) is 20.1. The summed E-state index contributed by atoms with van der Waals surface area (Å²) in [6, 6.07) is 23.2. The highest BCUT2D eigenvalue weighted by molar-refractivity contribution is 5.84. The molecule has 0 fully saturated rings. The van der Waals surface area contributed by atoms with Crippen LogP contribution in [0.4, 0.5) is 11.4 Å². The molecule has 1 heterocycles. The van der Waals surface area contributed by atoms with Gasteiger partial charge < -0.3 is 9.64 Å². The lowest BCUT2D eigenvalue weighted by Crippen LogP contribution is -2.51. The standard InChI is InChI=1S/C29H34N2O/c1-20(2)31-28-16-9-23(17-27(28)22(4)18-29(31,5)6)19-30-24-10-14-26(15-11-24)32-25-12-7-21(3)8-13-25/h7-17,19-20,22H,18H2,1-6H3/t22-/m0/s1. The molecule has 3 aromatic rings. The molecule has 0 amide bonds. The van der Waals surface area contributed by atoms with Gasteiger partial charge in [0.15, 0.2) is 0 Å². The van der Waals surface area contributed by atoms with E-state index in [-0.39, 0.29) is 5.54 Å². The lowest BCUT2D eigenvalue weighted by atomic mass is 9.79. The summed E-state index contributed by atoms with van der Waals surface area (Å²) in [5.41, 5.74) is 6.22. The van der Waals surface area contributed by atoms with E-state index in [1.165, 1.54) is 16.8 Å². The fourth-order valence-electron chi connectivity index (χ4n) is 5.02. The number of anilines is 1. The van der Waals surface area contributed by atoms with Crippen molar-refractivity contribution in [1.29, 1.82) is 0 Å². The summed E-state index contributed by atoms with van der Waals surface area (Å²) in [4.78, 5) is 7.26. The van der Waals surface area contributed by atoms with Crippen LogP contribution in [0.5, 0.6) is 11.5 Å². The third-order valence-electron chi connectivity index (χ3n) is 6.27. The second-order valence-electron chi connectivity index (χ2n) is 9.87. The summed E-state index contributed by atoms with van der Waals surface area (Å²) in [5.74, 6) is 2.18. The first-order valence-corrected chi connectivity index (χ1v) is 11.5. The maximum Gasteiger partial charge on any atom is 0.127 e. The molecule has 0 radical (unpaired) electrons. The summed E-state index contributed by atoms with van der Waals surface area (Å²) in [5, 5.41) is 0. The van der Waals surface area contributed by atoms with Gasteiger partial charge in [-0.1, -0.05) is 30.7 Å². The monoisotopic (exact) mass is 426 g/mol. The lowest BCUT2D eigenvalue weighted by molar-refractivity contribution is 0.356. The second kappa shape index (κ2) is 8.82. The molecule has 0 saturated heterocycles. The van der Waals surface area contributed by atoms with E-state index >= 15 is 0 Å². The Bertz CT molecular complexity index is 1100.